The Morgan fingerprint density at radius 1 is 0.797 bits per heavy atom. The molecule has 0 bridgehead atoms. The number of aromatic amines is 2. The highest BCUT2D eigenvalue weighted by Crippen LogP contribution is 2.54. The molecular weight excluding hydrogens is 897 g/mol. The van der Waals surface area contributed by atoms with Gasteiger partial charge in [-0.1, -0.05) is 33.8 Å². The number of H-pyrrole nitrogens is 2. The van der Waals surface area contributed by atoms with Crippen molar-refractivity contribution in [2.24, 2.45) is 17.8 Å². The molecule has 0 radical (unpaired) electrons. The minimum Gasteiger partial charge on any atom is -0.464 e. The molecule has 360 valence electrons. The fourth-order valence-electron chi connectivity index (χ4n) is 10.8. The molecule has 18 heteroatoms. The zero-order valence-electron chi connectivity index (χ0n) is 39.9. The summed E-state index contributed by atoms with van der Waals surface area (Å²) in [6, 6.07) is 11.1. The lowest BCUT2D eigenvalue weighted by Gasteiger charge is -2.31. The zero-order chi connectivity index (χ0) is 48.0. The van der Waals surface area contributed by atoms with Crippen LogP contribution in [0.25, 0.3) is 44.7 Å². The largest absolute Gasteiger partial charge is 0.464 e. The molecule has 3 aliphatic heterocycles. The number of piperidine rings is 1. The van der Waals surface area contributed by atoms with Crippen LogP contribution in [-0.2, 0) is 19.1 Å². The molecule has 4 aromatic heterocycles. The minimum atomic E-state index is -0.722. The molecule has 6 aromatic rings. The van der Waals surface area contributed by atoms with Crippen LogP contribution in [0.2, 0.25) is 0 Å². The van der Waals surface area contributed by atoms with Crippen molar-refractivity contribution in [3.8, 4) is 39.5 Å². The van der Waals surface area contributed by atoms with Crippen molar-refractivity contribution < 1.29 is 33.4 Å². The highest BCUT2D eigenvalue weighted by molar-refractivity contribution is 7.11. The van der Waals surface area contributed by atoms with Crippen molar-refractivity contribution in [1.82, 2.24) is 49.9 Å². The lowest BCUT2D eigenvalue weighted by atomic mass is 9.98. The number of imidazole rings is 2. The van der Waals surface area contributed by atoms with Gasteiger partial charge in [-0.15, -0.1) is 11.3 Å². The number of amides is 4. The summed E-state index contributed by atoms with van der Waals surface area (Å²) in [7, 11) is 2.60. The number of aryl methyl sites for hydroxylation is 1. The van der Waals surface area contributed by atoms with Crippen LogP contribution in [0.1, 0.15) is 118 Å². The fraction of sp³-hybridized carbons (Fsp3) is 0.471. The summed E-state index contributed by atoms with van der Waals surface area (Å²) in [5.74, 6) is 2.58. The number of carbonyl (C=O) groups excluding carboxylic acids is 4. The van der Waals surface area contributed by atoms with Crippen LogP contribution < -0.4 is 15.4 Å². The second-order valence-corrected chi connectivity index (χ2v) is 21.1. The van der Waals surface area contributed by atoms with Crippen molar-refractivity contribution in [1.29, 1.82) is 0 Å². The van der Waals surface area contributed by atoms with Gasteiger partial charge in [0.2, 0.25) is 18.0 Å². The topological polar surface area (TPSA) is 202 Å². The number of rotatable bonds is 12. The van der Waals surface area contributed by atoms with Gasteiger partial charge < -0.3 is 44.6 Å². The number of likely N-dealkylation sites (tertiary alicyclic amines) is 2. The molecule has 69 heavy (non-hydrogen) atoms. The lowest BCUT2D eigenvalue weighted by Crippen LogP contribution is -2.52. The predicted molar refractivity (Wildman–Crippen MR) is 258 cm³/mol. The Labute approximate surface area is 403 Å². The number of aromatic nitrogens is 6. The number of ether oxygens (including phenoxy) is 3. The Hall–Kier alpha value is -6.69. The number of hydrogen-bond acceptors (Lipinski definition) is 11. The third-order valence-electron chi connectivity index (χ3n) is 14.7. The number of hydrogen-bond donors (Lipinski definition) is 4. The Morgan fingerprint density at radius 2 is 1.48 bits per heavy atom. The van der Waals surface area contributed by atoms with E-state index in [1.54, 1.807) is 11.3 Å². The number of benzene rings is 2. The lowest BCUT2D eigenvalue weighted by molar-refractivity contribution is -0.137. The van der Waals surface area contributed by atoms with E-state index in [0.29, 0.717) is 24.2 Å². The highest BCUT2D eigenvalue weighted by atomic mass is 32.1. The molecular formula is C51H58N10O7S. The first-order valence-electron chi connectivity index (χ1n) is 24.1. The number of fused-ring (bicyclic) bond motifs is 6. The third-order valence-corrected chi connectivity index (χ3v) is 15.9. The van der Waals surface area contributed by atoms with E-state index in [9.17, 15) is 19.2 Å². The molecule has 3 unspecified atom stereocenters. The first-order valence-corrected chi connectivity index (χ1v) is 25.0. The molecule has 11 rings (SSSR count). The van der Waals surface area contributed by atoms with E-state index in [4.69, 9.17) is 29.2 Å². The molecule has 2 aliphatic carbocycles. The standard InChI is InChI=1S/C51H58N10O7S/c1-24(2)42(57-50(64)66-6)47(62)59-14-8-9-35(59)44-52-22-33(56-44)29-15-26(5)41-37-18-30-16-28(12-13-34(30)61(37)49(68-39(41)20-29)40-23-54-46(69-40)27-10-11-27)32-21-53-45(55-32)38-19-31-17-36(31)60(38)48(63)43(25(3)4)58-51(65)67-7/h12-13,15-16,18,20-25,27,31,35-36,38,42-43,49H,8-11,14,17,19H2,1-7H3,(H,52,56)(H,53,55)(H,57,64)(H,58,65)/t31-,35+,36?,38+,42+,43?,49?/m1/s1. The van der Waals surface area contributed by atoms with E-state index in [1.165, 1.54) is 14.2 Å². The van der Waals surface area contributed by atoms with Gasteiger partial charge in [-0.2, -0.15) is 0 Å². The number of thiazole rings is 1. The number of alkyl carbamates (subject to hydrolysis) is 2. The number of carbonyl (C=O) groups is 4. The molecule has 0 spiro atoms. The number of methoxy groups -OCH3 is 2. The normalized spacial score (nSPS) is 22.2. The number of nitrogens with one attached hydrogen (secondary N) is 4. The molecule has 2 saturated carbocycles. The summed E-state index contributed by atoms with van der Waals surface area (Å²) in [5.41, 5.74) is 7.63. The Kier molecular flexibility index (Phi) is 11.3. The van der Waals surface area contributed by atoms with Gasteiger partial charge in [0.15, 0.2) is 0 Å². The van der Waals surface area contributed by atoms with Crippen LogP contribution in [-0.4, -0.2) is 102 Å². The average molecular weight is 955 g/mol. The van der Waals surface area contributed by atoms with Gasteiger partial charge in [-0.3, -0.25) is 14.2 Å². The van der Waals surface area contributed by atoms with Gasteiger partial charge in [0.05, 0.1) is 71.2 Å². The van der Waals surface area contributed by atoms with Crippen molar-refractivity contribution in [3.63, 3.8) is 0 Å². The van der Waals surface area contributed by atoms with Gasteiger partial charge >= 0.3 is 12.2 Å². The van der Waals surface area contributed by atoms with Gasteiger partial charge in [0.25, 0.3) is 0 Å². The van der Waals surface area contributed by atoms with E-state index in [0.717, 1.165) is 110 Å². The molecule has 17 nitrogen and oxygen atoms in total. The maximum absolute atomic E-state index is 14.1. The van der Waals surface area contributed by atoms with Crippen LogP contribution in [0, 0.1) is 24.7 Å². The Balaban J connectivity index is 0.908. The van der Waals surface area contributed by atoms with Crippen LogP contribution in [0.15, 0.2) is 55.0 Å². The first kappa shape index (κ1) is 44.8. The molecule has 2 saturated heterocycles. The molecule has 7 atom stereocenters. The van der Waals surface area contributed by atoms with E-state index in [2.05, 4.69) is 68.5 Å². The van der Waals surface area contributed by atoms with E-state index in [-0.39, 0.29) is 41.8 Å². The van der Waals surface area contributed by atoms with E-state index in [1.807, 2.05) is 56.1 Å². The van der Waals surface area contributed by atoms with Crippen LogP contribution in [0.4, 0.5) is 9.59 Å². The van der Waals surface area contributed by atoms with Crippen molar-refractivity contribution in [2.45, 2.75) is 115 Å². The molecule has 4 N–H and O–H groups in total. The monoisotopic (exact) mass is 954 g/mol. The summed E-state index contributed by atoms with van der Waals surface area (Å²) >= 11 is 1.72. The van der Waals surface area contributed by atoms with Crippen molar-refractivity contribution >= 4 is 46.2 Å². The zero-order valence-corrected chi connectivity index (χ0v) is 40.7. The maximum Gasteiger partial charge on any atom is 0.407 e. The van der Waals surface area contributed by atoms with Crippen LogP contribution in [0.3, 0.4) is 0 Å². The summed E-state index contributed by atoms with van der Waals surface area (Å²) < 4.78 is 19.1. The fourth-order valence-corrected chi connectivity index (χ4v) is 12.0. The molecule has 4 fully saturated rings. The third kappa shape index (κ3) is 7.99. The van der Waals surface area contributed by atoms with Crippen molar-refractivity contribution in [2.75, 3.05) is 20.8 Å². The second kappa shape index (κ2) is 17.4. The summed E-state index contributed by atoms with van der Waals surface area (Å²) in [4.78, 5) is 78.8. The minimum absolute atomic E-state index is 0.112. The number of nitrogens with zero attached hydrogens (tertiary/aromatic N) is 6. The molecule has 5 aliphatic rings. The van der Waals surface area contributed by atoms with Gasteiger partial charge in [0.1, 0.15) is 29.5 Å². The molecule has 7 heterocycles. The molecule has 2 aromatic carbocycles. The maximum atomic E-state index is 14.1. The predicted octanol–water partition coefficient (Wildman–Crippen LogP) is 8.76. The van der Waals surface area contributed by atoms with Gasteiger partial charge in [0, 0.05) is 46.8 Å². The average Bonchev–Trinajstić information content (AvgIpc) is 3.81. The van der Waals surface area contributed by atoms with E-state index < -0.39 is 30.5 Å². The van der Waals surface area contributed by atoms with Crippen LogP contribution >= 0.6 is 11.3 Å². The summed E-state index contributed by atoms with van der Waals surface area (Å²) in [5, 5.41) is 7.68. The molecule has 4 amide bonds. The Bertz CT molecular complexity index is 3000. The van der Waals surface area contributed by atoms with Gasteiger partial charge in [-0.25, -0.2) is 24.5 Å². The highest BCUT2D eigenvalue weighted by Gasteiger charge is 2.56. The van der Waals surface area contributed by atoms with Gasteiger partial charge in [-0.05, 0) is 99.1 Å². The summed E-state index contributed by atoms with van der Waals surface area (Å²) in [6.07, 6.45) is 9.58. The SMILES string of the molecule is COC(=O)NC(C(=O)N1C2C[C@@H]2C[C@H]1c1ncc(-c2ccc3c(c2)cc2n3C(c3cnc(C4CC4)s3)Oc3cc(-c4cnc([C@@H]5CCCN5C(=O)[C@@H](NC(=O)OC)C(C)C)[nH]4)cc(C)c3-2)[nH]1)C(C)C. The second-order valence-electron chi connectivity index (χ2n) is 20.0. The first-order chi connectivity index (χ1) is 33.3. The van der Waals surface area contributed by atoms with E-state index >= 15 is 0 Å². The summed E-state index contributed by atoms with van der Waals surface area (Å²) in [6.45, 7) is 10.3. The smallest absolute Gasteiger partial charge is 0.407 e. The van der Waals surface area contributed by atoms with Crippen LogP contribution in [0.5, 0.6) is 5.75 Å². The Morgan fingerprint density at radius 3 is 2.16 bits per heavy atom. The quantitative estimate of drug-likeness (QED) is 0.0919. The van der Waals surface area contributed by atoms with Crippen molar-refractivity contribution in [3.05, 3.63) is 82.1 Å².